The van der Waals surface area contributed by atoms with Gasteiger partial charge < -0.3 is 10.6 Å². The highest BCUT2D eigenvalue weighted by molar-refractivity contribution is 6.31. The van der Waals surface area contributed by atoms with Crippen molar-refractivity contribution >= 4 is 23.2 Å². The molecular formula is C14H19ClN2O. The summed E-state index contributed by atoms with van der Waals surface area (Å²) in [5.74, 6) is 1.25. The zero-order valence-electron chi connectivity index (χ0n) is 10.8. The lowest BCUT2D eigenvalue weighted by Gasteiger charge is -2.35. The quantitative estimate of drug-likeness (QED) is 0.794. The van der Waals surface area contributed by atoms with E-state index in [2.05, 4.69) is 13.8 Å². The van der Waals surface area contributed by atoms with Gasteiger partial charge in [0.05, 0.1) is 0 Å². The monoisotopic (exact) mass is 266 g/mol. The Morgan fingerprint density at radius 1 is 1.33 bits per heavy atom. The molecule has 98 valence electrons. The molecule has 0 aromatic heterocycles. The summed E-state index contributed by atoms with van der Waals surface area (Å²) in [7, 11) is 0. The number of likely N-dealkylation sites (tertiary alicyclic amines) is 1. The maximum Gasteiger partial charge on any atom is 0.253 e. The highest BCUT2D eigenvalue weighted by atomic mass is 35.5. The van der Waals surface area contributed by atoms with E-state index in [0.717, 1.165) is 19.5 Å². The van der Waals surface area contributed by atoms with Crippen LogP contribution in [0.15, 0.2) is 18.2 Å². The van der Waals surface area contributed by atoms with E-state index in [4.69, 9.17) is 17.3 Å². The van der Waals surface area contributed by atoms with Crippen LogP contribution < -0.4 is 5.73 Å². The molecule has 2 N–H and O–H groups in total. The number of nitrogens with two attached hydrogens (primary N) is 1. The average molecular weight is 267 g/mol. The molecule has 0 spiro atoms. The van der Waals surface area contributed by atoms with Crippen LogP contribution in [0.4, 0.5) is 5.69 Å². The topological polar surface area (TPSA) is 46.3 Å². The SMILES string of the molecule is CC1CCN(C(=O)c2cc(N)cc(Cl)c2)CC1C. The van der Waals surface area contributed by atoms with Gasteiger partial charge in [-0.25, -0.2) is 0 Å². The summed E-state index contributed by atoms with van der Waals surface area (Å²) in [5.41, 5.74) is 6.84. The summed E-state index contributed by atoms with van der Waals surface area (Å²) in [5, 5.41) is 0.511. The second kappa shape index (κ2) is 5.19. The number of benzene rings is 1. The summed E-state index contributed by atoms with van der Waals surface area (Å²) < 4.78 is 0. The normalized spacial score (nSPS) is 24.1. The largest absolute Gasteiger partial charge is 0.399 e. The second-order valence-corrected chi connectivity index (χ2v) is 5.70. The van der Waals surface area contributed by atoms with Crippen LogP contribution in [0, 0.1) is 11.8 Å². The number of nitrogens with zero attached hydrogens (tertiary/aromatic N) is 1. The first-order chi connectivity index (χ1) is 8.47. The van der Waals surface area contributed by atoms with Crippen molar-refractivity contribution in [3.63, 3.8) is 0 Å². The highest BCUT2D eigenvalue weighted by Crippen LogP contribution is 2.25. The van der Waals surface area contributed by atoms with E-state index < -0.39 is 0 Å². The molecule has 0 bridgehead atoms. The molecule has 1 heterocycles. The summed E-state index contributed by atoms with van der Waals surface area (Å²) >= 11 is 5.93. The third-order valence-corrected chi connectivity index (χ3v) is 4.01. The van der Waals surface area contributed by atoms with Crippen LogP contribution in [0.2, 0.25) is 5.02 Å². The number of carbonyl (C=O) groups excluding carboxylic acids is 1. The van der Waals surface area contributed by atoms with Crippen LogP contribution >= 0.6 is 11.6 Å². The van der Waals surface area contributed by atoms with Gasteiger partial charge in [0.1, 0.15) is 0 Å². The molecule has 1 amide bonds. The predicted molar refractivity (Wildman–Crippen MR) is 74.7 cm³/mol. The number of amides is 1. The molecule has 1 saturated heterocycles. The number of carbonyl (C=O) groups is 1. The van der Waals surface area contributed by atoms with E-state index in [1.54, 1.807) is 18.2 Å². The summed E-state index contributed by atoms with van der Waals surface area (Å²) in [6.45, 7) is 6.06. The number of piperidine rings is 1. The van der Waals surface area contributed by atoms with E-state index in [0.29, 0.717) is 28.1 Å². The third-order valence-electron chi connectivity index (χ3n) is 3.79. The van der Waals surface area contributed by atoms with Gasteiger partial charge in [-0.2, -0.15) is 0 Å². The Balaban J connectivity index is 2.16. The predicted octanol–water partition coefficient (Wildman–Crippen LogP) is 3.04. The maximum absolute atomic E-state index is 12.4. The molecule has 0 aliphatic carbocycles. The van der Waals surface area contributed by atoms with Crippen molar-refractivity contribution in [1.29, 1.82) is 0 Å². The minimum Gasteiger partial charge on any atom is -0.399 e. The van der Waals surface area contributed by atoms with Crippen molar-refractivity contribution in [1.82, 2.24) is 4.90 Å². The fourth-order valence-electron chi connectivity index (χ4n) is 2.37. The Kier molecular flexibility index (Phi) is 3.81. The van der Waals surface area contributed by atoms with E-state index >= 15 is 0 Å². The molecule has 0 saturated carbocycles. The number of nitrogen functional groups attached to an aromatic ring is 1. The summed E-state index contributed by atoms with van der Waals surface area (Å²) in [6.07, 6.45) is 1.06. The standard InChI is InChI=1S/C14H19ClN2O/c1-9-3-4-17(8-10(9)2)14(18)11-5-12(15)7-13(16)6-11/h5-7,9-10H,3-4,8,16H2,1-2H3. The molecule has 1 aliphatic heterocycles. The van der Waals surface area contributed by atoms with Crippen LogP contribution in [0.1, 0.15) is 30.6 Å². The Morgan fingerprint density at radius 3 is 2.67 bits per heavy atom. The van der Waals surface area contributed by atoms with Crippen molar-refractivity contribution in [2.45, 2.75) is 20.3 Å². The first-order valence-corrected chi connectivity index (χ1v) is 6.70. The molecule has 1 aliphatic rings. The van der Waals surface area contributed by atoms with Gasteiger partial charge in [0.15, 0.2) is 0 Å². The Hall–Kier alpha value is -1.22. The number of rotatable bonds is 1. The Bertz CT molecular complexity index is 441. The molecule has 1 fully saturated rings. The first-order valence-electron chi connectivity index (χ1n) is 6.32. The van der Waals surface area contributed by atoms with Crippen LogP contribution in [-0.2, 0) is 0 Å². The molecule has 4 heteroatoms. The molecule has 3 nitrogen and oxygen atoms in total. The molecule has 2 unspecified atom stereocenters. The van der Waals surface area contributed by atoms with Gasteiger partial charge in [0.2, 0.25) is 0 Å². The molecule has 1 aromatic carbocycles. The van der Waals surface area contributed by atoms with Crippen molar-refractivity contribution < 1.29 is 4.79 Å². The van der Waals surface area contributed by atoms with Crippen LogP contribution in [0.3, 0.4) is 0 Å². The maximum atomic E-state index is 12.4. The lowest BCUT2D eigenvalue weighted by atomic mass is 9.88. The smallest absolute Gasteiger partial charge is 0.253 e. The molecular weight excluding hydrogens is 248 g/mol. The van der Waals surface area contributed by atoms with E-state index in [1.807, 2.05) is 4.90 Å². The molecule has 1 aromatic rings. The lowest BCUT2D eigenvalue weighted by molar-refractivity contribution is 0.0627. The van der Waals surface area contributed by atoms with Crippen molar-refractivity contribution in [3.8, 4) is 0 Å². The molecule has 2 rings (SSSR count). The van der Waals surface area contributed by atoms with E-state index in [1.165, 1.54) is 0 Å². The minimum absolute atomic E-state index is 0.0305. The minimum atomic E-state index is 0.0305. The molecule has 0 radical (unpaired) electrons. The van der Waals surface area contributed by atoms with Gasteiger partial charge in [0, 0.05) is 29.4 Å². The number of halogens is 1. The zero-order chi connectivity index (χ0) is 13.3. The second-order valence-electron chi connectivity index (χ2n) is 5.27. The lowest BCUT2D eigenvalue weighted by Crippen LogP contribution is -2.42. The molecule has 2 atom stereocenters. The van der Waals surface area contributed by atoms with Gasteiger partial charge >= 0.3 is 0 Å². The van der Waals surface area contributed by atoms with Gasteiger partial charge in [-0.05, 0) is 36.5 Å². The van der Waals surface area contributed by atoms with Gasteiger partial charge in [-0.15, -0.1) is 0 Å². The number of hydrogen-bond donors (Lipinski definition) is 1. The summed E-state index contributed by atoms with van der Waals surface area (Å²) in [4.78, 5) is 14.3. The van der Waals surface area contributed by atoms with Gasteiger partial charge in [-0.3, -0.25) is 4.79 Å². The van der Waals surface area contributed by atoms with Crippen LogP contribution in [-0.4, -0.2) is 23.9 Å². The van der Waals surface area contributed by atoms with Crippen LogP contribution in [0.25, 0.3) is 0 Å². The van der Waals surface area contributed by atoms with E-state index in [9.17, 15) is 4.79 Å². The Morgan fingerprint density at radius 2 is 2.06 bits per heavy atom. The van der Waals surface area contributed by atoms with E-state index in [-0.39, 0.29) is 5.91 Å². The van der Waals surface area contributed by atoms with Crippen molar-refractivity contribution in [3.05, 3.63) is 28.8 Å². The van der Waals surface area contributed by atoms with Crippen molar-refractivity contribution in [2.24, 2.45) is 11.8 Å². The fraction of sp³-hybridized carbons (Fsp3) is 0.500. The van der Waals surface area contributed by atoms with Gasteiger partial charge in [-0.1, -0.05) is 25.4 Å². The fourth-order valence-corrected chi connectivity index (χ4v) is 2.61. The zero-order valence-corrected chi connectivity index (χ0v) is 11.6. The summed E-state index contributed by atoms with van der Waals surface area (Å²) in [6, 6.07) is 5.03. The molecule has 18 heavy (non-hydrogen) atoms. The average Bonchev–Trinajstić information content (AvgIpc) is 2.30. The van der Waals surface area contributed by atoms with Crippen LogP contribution in [0.5, 0.6) is 0 Å². The number of hydrogen-bond acceptors (Lipinski definition) is 2. The number of anilines is 1. The van der Waals surface area contributed by atoms with Gasteiger partial charge in [0.25, 0.3) is 5.91 Å². The van der Waals surface area contributed by atoms with Crippen molar-refractivity contribution in [2.75, 3.05) is 18.8 Å². The first kappa shape index (κ1) is 13.2. The highest BCUT2D eigenvalue weighted by Gasteiger charge is 2.26. The third kappa shape index (κ3) is 2.78. The Labute approximate surface area is 113 Å².